The molecule has 1 N–H and O–H groups in total. The highest BCUT2D eigenvalue weighted by Gasteiger charge is 2.28. The van der Waals surface area contributed by atoms with Crippen LogP contribution >= 0.6 is 0 Å². The first kappa shape index (κ1) is 17.6. The Hall–Kier alpha value is -2.24. The number of hydrogen-bond donors (Lipinski definition) is 1. The fraction of sp³-hybridized carbons (Fsp3) is 0.400. The number of nitrogens with zero attached hydrogens (tertiary/aromatic N) is 1. The number of carbonyl (C=O) groups excluding carboxylic acids is 1. The van der Waals surface area contributed by atoms with Crippen LogP contribution in [0, 0.1) is 0 Å². The maximum atomic E-state index is 12.8. The molecule has 2 aromatic rings. The number of pyridine rings is 1. The quantitative estimate of drug-likeness (QED) is 0.850. The van der Waals surface area contributed by atoms with Crippen LogP contribution in [0.3, 0.4) is 0 Å². The molecule has 1 aliphatic heterocycles. The molecule has 1 aromatic carbocycles. The van der Waals surface area contributed by atoms with Crippen molar-refractivity contribution in [2.75, 3.05) is 19.8 Å². The van der Waals surface area contributed by atoms with E-state index in [0.717, 1.165) is 17.3 Å². The van der Waals surface area contributed by atoms with E-state index in [-0.39, 0.29) is 18.1 Å². The van der Waals surface area contributed by atoms with Gasteiger partial charge in [0.15, 0.2) is 0 Å². The van der Waals surface area contributed by atoms with Crippen molar-refractivity contribution in [1.82, 2.24) is 10.3 Å². The summed E-state index contributed by atoms with van der Waals surface area (Å²) in [5.74, 6) is -0.120. The topological polar surface area (TPSA) is 60.5 Å². The van der Waals surface area contributed by atoms with E-state index >= 15 is 0 Å². The minimum absolute atomic E-state index is 0.0404. The molecule has 1 fully saturated rings. The second kappa shape index (κ2) is 8.23. The summed E-state index contributed by atoms with van der Waals surface area (Å²) < 4.78 is 11.5. The van der Waals surface area contributed by atoms with Gasteiger partial charge >= 0.3 is 0 Å². The molecule has 2 atom stereocenters. The van der Waals surface area contributed by atoms with E-state index in [1.165, 1.54) is 5.57 Å². The molecule has 132 valence electrons. The van der Waals surface area contributed by atoms with E-state index in [1.54, 1.807) is 12.3 Å². The van der Waals surface area contributed by atoms with Crippen molar-refractivity contribution in [3.05, 3.63) is 53.7 Å². The molecule has 0 saturated carbocycles. The minimum atomic E-state index is -0.154. The molecule has 5 heteroatoms. The molecular formula is C20H24N2O3. The van der Waals surface area contributed by atoms with Crippen LogP contribution in [0.5, 0.6) is 0 Å². The summed E-state index contributed by atoms with van der Waals surface area (Å²) in [6.45, 7) is 5.76. The molecule has 1 amide bonds. The van der Waals surface area contributed by atoms with Gasteiger partial charge in [-0.05, 0) is 32.4 Å². The summed E-state index contributed by atoms with van der Waals surface area (Å²) in [5.41, 5.74) is 2.65. The molecule has 3 rings (SSSR count). The Morgan fingerprint density at radius 2 is 2.20 bits per heavy atom. The van der Waals surface area contributed by atoms with Crippen LogP contribution in [0.4, 0.5) is 0 Å². The van der Waals surface area contributed by atoms with Crippen LogP contribution in [-0.4, -0.2) is 42.9 Å². The molecular weight excluding hydrogens is 316 g/mol. The van der Waals surface area contributed by atoms with Crippen molar-refractivity contribution in [1.29, 1.82) is 0 Å². The average Bonchev–Trinajstić information content (AvgIpc) is 2.62. The van der Waals surface area contributed by atoms with Gasteiger partial charge in [0.1, 0.15) is 0 Å². The van der Waals surface area contributed by atoms with Gasteiger partial charge in [0, 0.05) is 18.2 Å². The van der Waals surface area contributed by atoms with Crippen LogP contribution in [-0.2, 0) is 9.47 Å². The van der Waals surface area contributed by atoms with Crippen LogP contribution in [0.25, 0.3) is 10.9 Å². The van der Waals surface area contributed by atoms with Gasteiger partial charge in [-0.15, -0.1) is 0 Å². The Morgan fingerprint density at radius 1 is 1.36 bits per heavy atom. The zero-order valence-electron chi connectivity index (χ0n) is 14.7. The number of para-hydroxylation sites is 1. The summed E-state index contributed by atoms with van der Waals surface area (Å²) >= 11 is 0. The molecule has 0 aliphatic carbocycles. The summed E-state index contributed by atoms with van der Waals surface area (Å²) in [5, 5.41) is 3.93. The van der Waals surface area contributed by atoms with Crippen LogP contribution in [0.1, 0.15) is 30.6 Å². The van der Waals surface area contributed by atoms with Crippen molar-refractivity contribution in [3.8, 4) is 0 Å². The van der Waals surface area contributed by atoms with Crippen molar-refractivity contribution in [2.45, 2.75) is 32.4 Å². The van der Waals surface area contributed by atoms with Crippen LogP contribution in [0.15, 0.2) is 48.2 Å². The maximum absolute atomic E-state index is 12.8. The molecule has 1 aliphatic rings. The standard InChI is InChI=1S/C20H24N2O3/c1-14(2)8-12-25-19-9-11-24-13-18(19)22-20(23)16-7-10-21-17-6-4-3-5-15(16)17/h3-8,10,18-19H,9,11-13H2,1-2H3,(H,22,23)/t18-,19+/m1/s1. The number of fused-ring (bicyclic) bond motifs is 1. The normalized spacial score (nSPS) is 20.2. The molecule has 5 nitrogen and oxygen atoms in total. The fourth-order valence-electron chi connectivity index (χ4n) is 2.93. The van der Waals surface area contributed by atoms with Crippen LogP contribution < -0.4 is 5.32 Å². The van der Waals surface area contributed by atoms with Crippen molar-refractivity contribution in [2.24, 2.45) is 0 Å². The van der Waals surface area contributed by atoms with Crippen molar-refractivity contribution in [3.63, 3.8) is 0 Å². The fourth-order valence-corrected chi connectivity index (χ4v) is 2.93. The predicted octanol–water partition coefficient (Wildman–Crippen LogP) is 3.10. The second-order valence-electron chi connectivity index (χ2n) is 6.47. The summed E-state index contributed by atoms with van der Waals surface area (Å²) in [4.78, 5) is 17.1. The van der Waals surface area contributed by atoms with Gasteiger partial charge in [-0.2, -0.15) is 0 Å². The van der Waals surface area contributed by atoms with E-state index in [0.29, 0.717) is 25.4 Å². The van der Waals surface area contributed by atoms with Gasteiger partial charge in [0.05, 0.1) is 36.4 Å². The Balaban J connectivity index is 1.72. The predicted molar refractivity (Wildman–Crippen MR) is 97.6 cm³/mol. The highest BCUT2D eigenvalue weighted by atomic mass is 16.5. The van der Waals surface area contributed by atoms with Gasteiger partial charge in [0.25, 0.3) is 5.91 Å². The van der Waals surface area contributed by atoms with E-state index in [9.17, 15) is 4.79 Å². The smallest absolute Gasteiger partial charge is 0.252 e. The zero-order chi connectivity index (χ0) is 17.6. The van der Waals surface area contributed by atoms with Crippen molar-refractivity contribution < 1.29 is 14.3 Å². The lowest BCUT2D eigenvalue weighted by Crippen LogP contribution is -2.50. The number of amides is 1. The van der Waals surface area contributed by atoms with E-state index in [1.807, 2.05) is 44.2 Å². The lowest BCUT2D eigenvalue weighted by atomic mass is 10.0. The number of allylic oxidation sites excluding steroid dienone is 1. The number of nitrogens with one attached hydrogen (secondary N) is 1. The average molecular weight is 340 g/mol. The molecule has 0 bridgehead atoms. The maximum Gasteiger partial charge on any atom is 0.252 e. The van der Waals surface area contributed by atoms with E-state index < -0.39 is 0 Å². The number of carbonyl (C=O) groups is 1. The third-order valence-electron chi connectivity index (χ3n) is 4.30. The van der Waals surface area contributed by atoms with Gasteiger partial charge < -0.3 is 14.8 Å². The lowest BCUT2D eigenvalue weighted by molar-refractivity contribution is -0.0457. The third-order valence-corrected chi connectivity index (χ3v) is 4.30. The molecule has 1 saturated heterocycles. The SMILES string of the molecule is CC(C)=CCO[C@H]1CCOC[C@H]1NC(=O)c1ccnc2ccccc12. The monoisotopic (exact) mass is 340 g/mol. The Kier molecular flexibility index (Phi) is 5.79. The number of rotatable bonds is 5. The highest BCUT2D eigenvalue weighted by Crippen LogP contribution is 2.18. The van der Waals surface area contributed by atoms with Gasteiger partial charge in [-0.3, -0.25) is 9.78 Å². The molecule has 0 radical (unpaired) electrons. The summed E-state index contributed by atoms with van der Waals surface area (Å²) in [7, 11) is 0. The Bertz CT molecular complexity index is 763. The molecule has 1 aromatic heterocycles. The van der Waals surface area contributed by atoms with Gasteiger partial charge in [-0.1, -0.05) is 29.8 Å². The first-order valence-corrected chi connectivity index (χ1v) is 8.62. The second-order valence-corrected chi connectivity index (χ2v) is 6.47. The summed E-state index contributed by atoms with van der Waals surface area (Å²) in [6.07, 6.45) is 4.45. The largest absolute Gasteiger partial charge is 0.379 e. The Morgan fingerprint density at radius 3 is 3.04 bits per heavy atom. The molecule has 25 heavy (non-hydrogen) atoms. The van der Waals surface area contributed by atoms with E-state index in [2.05, 4.69) is 10.3 Å². The number of aromatic nitrogens is 1. The first-order chi connectivity index (χ1) is 12.1. The number of benzene rings is 1. The molecule has 2 heterocycles. The van der Waals surface area contributed by atoms with Gasteiger partial charge in [-0.25, -0.2) is 0 Å². The Labute approximate surface area is 148 Å². The molecule has 0 spiro atoms. The zero-order valence-corrected chi connectivity index (χ0v) is 14.7. The third kappa shape index (κ3) is 4.44. The lowest BCUT2D eigenvalue weighted by Gasteiger charge is -2.32. The number of hydrogen-bond acceptors (Lipinski definition) is 4. The number of ether oxygens (including phenoxy) is 2. The van der Waals surface area contributed by atoms with Crippen LogP contribution in [0.2, 0.25) is 0 Å². The minimum Gasteiger partial charge on any atom is -0.379 e. The summed E-state index contributed by atoms with van der Waals surface area (Å²) in [6, 6.07) is 9.24. The highest BCUT2D eigenvalue weighted by molar-refractivity contribution is 6.06. The van der Waals surface area contributed by atoms with Gasteiger partial charge in [0.2, 0.25) is 0 Å². The van der Waals surface area contributed by atoms with Crippen molar-refractivity contribution >= 4 is 16.8 Å². The molecule has 0 unspecified atom stereocenters. The van der Waals surface area contributed by atoms with E-state index in [4.69, 9.17) is 9.47 Å². The first-order valence-electron chi connectivity index (χ1n) is 8.62.